The number of phenolic OH excluding ortho intramolecular Hbond substituents is 2. The van der Waals surface area contributed by atoms with Gasteiger partial charge in [0.2, 0.25) is 0 Å². The molecule has 0 saturated heterocycles. The molecular formula is C24H30O7. The number of aromatic hydroxyl groups is 2. The summed E-state index contributed by atoms with van der Waals surface area (Å²) in [7, 11) is 0. The molecule has 0 atom stereocenters. The highest BCUT2D eigenvalue weighted by molar-refractivity contribution is 5.49. The van der Waals surface area contributed by atoms with E-state index < -0.39 is 0 Å². The maximum atomic E-state index is 10.6. The first-order valence-corrected chi connectivity index (χ1v) is 10.4. The van der Waals surface area contributed by atoms with Gasteiger partial charge in [-0.05, 0) is 25.0 Å². The summed E-state index contributed by atoms with van der Waals surface area (Å²) in [6.45, 7) is 7.37. The van der Waals surface area contributed by atoms with Gasteiger partial charge in [-0.15, -0.1) is 0 Å². The molecule has 0 saturated carbocycles. The van der Waals surface area contributed by atoms with E-state index in [1.165, 1.54) is 0 Å². The van der Waals surface area contributed by atoms with E-state index in [0.29, 0.717) is 88.3 Å². The zero-order chi connectivity index (χ0) is 21.9. The standard InChI is InChI=1S/C24H30O7/c1-18-16-19-4-2-6-21(23(19)25)30-14-12-28-10-8-27-9-11-29-13-15-31-22-7-3-5-20(17-18)24(22)26/h2-7,25-26H,1,8-17H2. The van der Waals surface area contributed by atoms with Crippen LogP contribution in [0.4, 0.5) is 0 Å². The van der Waals surface area contributed by atoms with Crippen molar-refractivity contribution in [3.05, 3.63) is 59.7 Å². The average Bonchev–Trinajstić information content (AvgIpc) is 2.75. The summed E-state index contributed by atoms with van der Waals surface area (Å²) in [6.07, 6.45) is 0.907. The van der Waals surface area contributed by atoms with Crippen LogP contribution in [0, 0.1) is 0 Å². The molecule has 0 unspecified atom stereocenters. The third kappa shape index (κ3) is 7.17. The van der Waals surface area contributed by atoms with Gasteiger partial charge in [0.25, 0.3) is 0 Å². The number of allylic oxidation sites excluding steroid dienone is 1. The van der Waals surface area contributed by atoms with Crippen LogP contribution in [0.2, 0.25) is 0 Å². The number of para-hydroxylation sites is 2. The molecule has 4 bridgehead atoms. The average molecular weight is 430 g/mol. The Bertz CT molecular complexity index is 782. The van der Waals surface area contributed by atoms with Crippen LogP contribution in [0.3, 0.4) is 0 Å². The molecule has 0 aliphatic carbocycles. The molecule has 2 N–H and O–H groups in total. The Morgan fingerprint density at radius 1 is 0.581 bits per heavy atom. The molecule has 7 heteroatoms. The molecule has 2 aromatic carbocycles. The van der Waals surface area contributed by atoms with E-state index in [4.69, 9.17) is 23.7 Å². The Kier molecular flexibility index (Phi) is 9.02. The zero-order valence-electron chi connectivity index (χ0n) is 17.7. The fraction of sp³-hybridized carbons (Fsp3) is 0.417. The second-order valence-electron chi connectivity index (χ2n) is 7.17. The smallest absolute Gasteiger partial charge is 0.161 e. The lowest BCUT2D eigenvalue weighted by Crippen LogP contribution is -2.14. The molecule has 0 spiro atoms. The maximum absolute atomic E-state index is 10.6. The molecule has 31 heavy (non-hydrogen) atoms. The number of ether oxygens (including phenoxy) is 5. The van der Waals surface area contributed by atoms with Crippen molar-refractivity contribution < 1.29 is 33.9 Å². The summed E-state index contributed by atoms with van der Waals surface area (Å²) < 4.78 is 27.7. The van der Waals surface area contributed by atoms with Gasteiger partial charge in [0.05, 0.1) is 39.6 Å². The summed E-state index contributed by atoms with van der Waals surface area (Å²) in [6, 6.07) is 10.8. The maximum Gasteiger partial charge on any atom is 0.161 e. The van der Waals surface area contributed by atoms with Crippen molar-refractivity contribution in [2.45, 2.75) is 12.8 Å². The number of benzene rings is 2. The van der Waals surface area contributed by atoms with Gasteiger partial charge in [-0.25, -0.2) is 0 Å². The van der Waals surface area contributed by atoms with Gasteiger partial charge < -0.3 is 33.9 Å². The first-order chi connectivity index (χ1) is 15.1. The van der Waals surface area contributed by atoms with Gasteiger partial charge >= 0.3 is 0 Å². The molecule has 3 rings (SSSR count). The van der Waals surface area contributed by atoms with E-state index in [2.05, 4.69) is 6.58 Å². The Labute approximate surface area is 182 Å². The van der Waals surface area contributed by atoms with Gasteiger partial charge in [-0.1, -0.05) is 36.4 Å². The van der Waals surface area contributed by atoms with Crippen LogP contribution in [0.25, 0.3) is 0 Å². The van der Waals surface area contributed by atoms with Crippen molar-refractivity contribution in [3.63, 3.8) is 0 Å². The van der Waals surface area contributed by atoms with E-state index >= 15 is 0 Å². The van der Waals surface area contributed by atoms with Crippen LogP contribution in [-0.4, -0.2) is 63.1 Å². The minimum atomic E-state index is 0.0930. The molecule has 7 nitrogen and oxygen atoms in total. The first-order valence-electron chi connectivity index (χ1n) is 10.4. The second-order valence-corrected chi connectivity index (χ2v) is 7.17. The van der Waals surface area contributed by atoms with Crippen molar-refractivity contribution in [2.75, 3.05) is 52.9 Å². The molecule has 0 fully saturated rings. The summed E-state index contributed by atoms with van der Waals surface area (Å²) in [4.78, 5) is 0. The van der Waals surface area contributed by atoms with E-state index in [1.807, 2.05) is 24.3 Å². The number of rotatable bonds is 0. The number of fused-ring (bicyclic) bond motifs is 4. The van der Waals surface area contributed by atoms with Crippen LogP contribution in [0.5, 0.6) is 23.0 Å². The van der Waals surface area contributed by atoms with E-state index in [1.54, 1.807) is 12.1 Å². The molecule has 168 valence electrons. The number of phenols is 2. The molecule has 1 aliphatic rings. The largest absolute Gasteiger partial charge is 0.504 e. The normalized spacial score (nSPS) is 17.5. The lowest BCUT2D eigenvalue weighted by Gasteiger charge is -2.15. The Morgan fingerprint density at radius 2 is 0.968 bits per heavy atom. The van der Waals surface area contributed by atoms with Crippen molar-refractivity contribution >= 4 is 0 Å². The molecular weight excluding hydrogens is 400 g/mol. The predicted octanol–water partition coefficient (Wildman–Crippen LogP) is 3.26. The lowest BCUT2D eigenvalue weighted by atomic mass is 9.98. The van der Waals surface area contributed by atoms with Crippen molar-refractivity contribution in [3.8, 4) is 23.0 Å². The van der Waals surface area contributed by atoms with Crippen molar-refractivity contribution in [1.29, 1.82) is 0 Å². The van der Waals surface area contributed by atoms with Gasteiger partial charge in [-0.2, -0.15) is 0 Å². The number of hydrogen-bond donors (Lipinski definition) is 2. The Balaban J connectivity index is 1.70. The summed E-state index contributed by atoms with van der Waals surface area (Å²) in [5.74, 6) is 0.997. The highest BCUT2D eigenvalue weighted by Crippen LogP contribution is 2.34. The lowest BCUT2D eigenvalue weighted by molar-refractivity contribution is 0.00478. The Morgan fingerprint density at radius 3 is 1.39 bits per heavy atom. The van der Waals surface area contributed by atoms with Gasteiger partial charge in [0.15, 0.2) is 23.0 Å². The van der Waals surface area contributed by atoms with E-state index in [0.717, 1.165) is 5.57 Å². The van der Waals surface area contributed by atoms with Crippen LogP contribution < -0.4 is 9.47 Å². The van der Waals surface area contributed by atoms with Crippen LogP contribution >= 0.6 is 0 Å². The van der Waals surface area contributed by atoms with Crippen molar-refractivity contribution in [1.82, 2.24) is 0 Å². The quantitative estimate of drug-likeness (QED) is 0.621. The zero-order valence-corrected chi connectivity index (χ0v) is 17.7. The minimum Gasteiger partial charge on any atom is -0.504 e. The molecule has 1 aliphatic heterocycles. The van der Waals surface area contributed by atoms with Gasteiger partial charge in [-0.3, -0.25) is 0 Å². The topological polar surface area (TPSA) is 86.6 Å². The molecule has 0 aromatic heterocycles. The van der Waals surface area contributed by atoms with E-state index in [9.17, 15) is 10.2 Å². The second kappa shape index (κ2) is 12.2. The number of hydrogen-bond acceptors (Lipinski definition) is 7. The van der Waals surface area contributed by atoms with Crippen molar-refractivity contribution in [2.24, 2.45) is 0 Å². The van der Waals surface area contributed by atoms with Gasteiger partial charge in [0.1, 0.15) is 13.2 Å². The monoisotopic (exact) mass is 430 g/mol. The van der Waals surface area contributed by atoms with Crippen LogP contribution in [0.1, 0.15) is 11.1 Å². The van der Waals surface area contributed by atoms with Gasteiger partial charge in [0, 0.05) is 11.1 Å². The summed E-state index contributed by atoms with van der Waals surface area (Å²) in [5, 5.41) is 21.1. The highest BCUT2D eigenvalue weighted by Gasteiger charge is 2.13. The third-order valence-corrected chi connectivity index (χ3v) is 4.76. The van der Waals surface area contributed by atoms with Crippen LogP contribution in [0.15, 0.2) is 48.6 Å². The predicted molar refractivity (Wildman–Crippen MR) is 116 cm³/mol. The summed E-state index contributed by atoms with van der Waals surface area (Å²) >= 11 is 0. The molecule has 2 aromatic rings. The fourth-order valence-corrected chi connectivity index (χ4v) is 3.22. The van der Waals surface area contributed by atoms with E-state index in [-0.39, 0.29) is 11.5 Å². The van der Waals surface area contributed by atoms with Crippen LogP contribution in [-0.2, 0) is 27.1 Å². The fourth-order valence-electron chi connectivity index (χ4n) is 3.22. The molecule has 1 heterocycles. The summed E-state index contributed by atoms with van der Waals surface area (Å²) in [5.41, 5.74) is 2.26. The Hall–Kier alpha value is -2.74. The third-order valence-electron chi connectivity index (χ3n) is 4.76. The SMILES string of the molecule is C=C1Cc2cccc(c2O)OCCOCCOCCOCCOc2cccc(c2O)C1. The first kappa shape index (κ1) is 22.9. The highest BCUT2D eigenvalue weighted by atomic mass is 16.6. The molecule has 0 radical (unpaired) electrons. The molecule has 0 amide bonds. The minimum absolute atomic E-state index is 0.0930.